The largest absolute Gasteiger partial charge is 0.419 e. The van der Waals surface area contributed by atoms with Gasteiger partial charge < -0.3 is 19.0 Å². The van der Waals surface area contributed by atoms with Crippen LogP contribution >= 0.6 is 0 Å². The molecule has 0 aliphatic carbocycles. The summed E-state index contributed by atoms with van der Waals surface area (Å²) in [4.78, 5) is 16.7. The first kappa shape index (κ1) is 21.1. The number of hydrogen-bond acceptors (Lipinski definition) is 8. The second-order valence-corrected chi connectivity index (χ2v) is 9.94. The monoisotopic (exact) mass is 444 g/mol. The van der Waals surface area contributed by atoms with Gasteiger partial charge >= 0.3 is 6.09 Å². The van der Waals surface area contributed by atoms with Crippen LogP contribution in [0.4, 0.5) is 21.9 Å². The number of amides is 1. The minimum Gasteiger partial charge on any atom is -0.414 e. The van der Waals surface area contributed by atoms with Crippen LogP contribution < -0.4 is 19.9 Å². The maximum Gasteiger partial charge on any atom is 0.419 e. The molecular weight excluding hydrogens is 420 g/mol. The van der Waals surface area contributed by atoms with Crippen molar-refractivity contribution in [3.05, 3.63) is 36.1 Å². The number of piperidine rings is 1. The van der Waals surface area contributed by atoms with Crippen molar-refractivity contribution in [3.63, 3.8) is 0 Å². The van der Waals surface area contributed by atoms with Gasteiger partial charge in [0.2, 0.25) is 5.76 Å². The molecule has 0 bridgehead atoms. The van der Waals surface area contributed by atoms with Gasteiger partial charge in [0.1, 0.15) is 6.07 Å². The summed E-state index contributed by atoms with van der Waals surface area (Å²) in [6.45, 7) is 2.67. The van der Waals surface area contributed by atoms with Crippen molar-refractivity contribution in [2.45, 2.75) is 19.3 Å². The summed E-state index contributed by atoms with van der Waals surface area (Å²) in [6.07, 6.45) is 2.60. The van der Waals surface area contributed by atoms with Crippen LogP contribution in [-0.2, 0) is 9.84 Å². The number of nitrogens with zero attached hydrogens (tertiary/aromatic N) is 3. The molecule has 2 aliphatic heterocycles. The molecule has 4 rings (SSSR count). The minimum absolute atomic E-state index is 0.0558. The van der Waals surface area contributed by atoms with Gasteiger partial charge in [-0.15, -0.1) is 0 Å². The van der Waals surface area contributed by atoms with Crippen LogP contribution in [0, 0.1) is 11.3 Å². The Morgan fingerprint density at radius 2 is 1.77 bits per heavy atom. The van der Waals surface area contributed by atoms with E-state index in [2.05, 4.69) is 15.1 Å². The minimum atomic E-state index is -2.96. The molecule has 0 saturated carbocycles. The predicted octanol–water partition coefficient (Wildman–Crippen LogP) is 2.99. The van der Waals surface area contributed by atoms with Crippen LogP contribution in [0.2, 0.25) is 0 Å². The Morgan fingerprint density at radius 3 is 2.45 bits per heavy atom. The van der Waals surface area contributed by atoms with Crippen molar-refractivity contribution in [1.29, 1.82) is 5.26 Å². The second kappa shape index (κ2) is 8.89. The third kappa shape index (κ3) is 5.11. The molecule has 2 saturated heterocycles. The van der Waals surface area contributed by atoms with Crippen molar-refractivity contribution in [2.75, 3.05) is 52.8 Å². The predicted molar refractivity (Wildman–Crippen MR) is 116 cm³/mol. The summed E-state index contributed by atoms with van der Waals surface area (Å²) >= 11 is 0. The number of ether oxygens (including phenoxy) is 1. The van der Waals surface area contributed by atoms with Crippen LogP contribution in [-0.4, -0.2) is 52.2 Å². The number of benzene rings is 1. The highest BCUT2D eigenvalue weighted by Gasteiger charge is 2.24. The fourth-order valence-electron chi connectivity index (χ4n) is 3.85. The number of carbonyl (C=O) groups is 1. The molecule has 0 unspecified atom stereocenters. The van der Waals surface area contributed by atoms with Crippen LogP contribution in [0.25, 0.3) is 0 Å². The van der Waals surface area contributed by atoms with Gasteiger partial charge in [0.25, 0.3) is 5.95 Å². The first-order valence-electron chi connectivity index (χ1n) is 10.3. The lowest BCUT2D eigenvalue weighted by Gasteiger charge is -2.33. The Hall–Kier alpha value is -3.19. The van der Waals surface area contributed by atoms with E-state index in [-0.39, 0.29) is 23.2 Å². The SMILES string of the molecule is N#Cc1ccc(OC(=O)Nc2ccc(N3CCS(=O)(=O)CC3)cc2N2CCCCC2)o1. The Kier molecular flexibility index (Phi) is 6.04. The third-order valence-electron chi connectivity index (χ3n) is 5.51. The molecule has 0 radical (unpaired) electrons. The molecule has 1 amide bonds. The summed E-state index contributed by atoms with van der Waals surface area (Å²) in [7, 11) is -2.96. The lowest BCUT2D eigenvalue weighted by Crippen LogP contribution is -2.40. The summed E-state index contributed by atoms with van der Waals surface area (Å²) < 4.78 is 33.8. The fraction of sp³-hybridized carbons (Fsp3) is 0.429. The van der Waals surface area contributed by atoms with E-state index in [9.17, 15) is 13.2 Å². The molecule has 1 aromatic carbocycles. The van der Waals surface area contributed by atoms with E-state index in [0.29, 0.717) is 18.8 Å². The highest BCUT2D eigenvalue weighted by atomic mass is 32.2. The Labute approximate surface area is 181 Å². The molecule has 10 heteroatoms. The molecule has 1 aromatic heterocycles. The van der Waals surface area contributed by atoms with E-state index >= 15 is 0 Å². The Balaban J connectivity index is 1.54. The number of furan rings is 1. The first-order valence-corrected chi connectivity index (χ1v) is 12.1. The van der Waals surface area contributed by atoms with Crippen molar-refractivity contribution < 1.29 is 22.4 Å². The van der Waals surface area contributed by atoms with Crippen LogP contribution in [0.15, 0.2) is 34.7 Å². The number of rotatable bonds is 4. The van der Waals surface area contributed by atoms with E-state index in [0.717, 1.165) is 37.3 Å². The Morgan fingerprint density at radius 1 is 1.03 bits per heavy atom. The molecule has 0 spiro atoms. The first-order chi connectivity index (χ1) is 14.9. The maximum absolute atomic E-state index is 12.4. The van der Waals surface area contributed by atoms with Gasteiger partial charge in [-0.2, -0.15) is 5.26 Å². The van der Waals surface area contributed by atoms with Gasteiger partial charge in [0, 0.05) is 37.9 Å². The van der Waals surface area contributed by atoms with E-state index in [1.807, 2.05) is 24.3 Å². The highest BCUT2D eigenvalue weighted by molar-refractivity contribution is 7.91. The van der Waals surface area contributed by atoms with Crippen LogP contribution in [0.5, 0.6) is 5.95 Å². The van der Waals surface area contributed by atoms with E-state index in [1.54, 1.807) is 0 Å². The molecular formula is C21H24N4O5S. The summed E-state index contributed by atoms with van der Waals surface area (Å²) in [5.74, 6) is 0.294. The van der Waals surface area contributed by atoms with Gasteiger partial charge in [0.15, 0.2) is 9.84 Å². The van der Waals surface area contributed by atoms with Gasteiger partial charge in [0.05, 0.1) is 22.9 Å². The van der Waals surface area contributed by atoms with Crippen molar-refractivity contribution in [1.82, 2.24) is 0 Å². The molecule has 1 N–H and O–H groups in total. The number of nitriles is 1. The van der Waals surface area contributed by atoms with Crippen LogP contribution in [0.3, 0.4) is 0 Å². The smallest absolute Gasteiger partial charge is 0.414 e. The van der Waals surface area contributed by atoms with E-state index in [4.69, 9.17) is 14.4 Å². The molecule has 3 heterocycles. The van der Waals surface area contributed by atoms with Gasteiger partial charge in [-0.05, 0) is 43.5 Å². The van der Waals surface area contributed by atoms with Gasteiger partial charge in [-0.1, -0.05) is 0 Å². The molecule has 31 heavy (non-hydrogen) atoms. The molecule has 2 fully saturated rings. The summed E-state index contributed by atoms with van der Waals surface area (Å²) in [5.41, 5.74) is 2.41. The average Bonchev–Trinajstić information content (AvgIpc) is 3.22. The topological polar surface area (TPSA) is 116 Å². The normalized spacial score (nSPS) is 18.3. The van der Waals surface area contributed by atoms with E-state index < -0.39 is 15.9 Å². The standard InChI is InChI=1S/C21H24N4O5S/c22-15-17-5-7-20(29-17)30-21(26)23-18-6-4-16(24-10-12-31(27,28)13-11-24)14-19(18)25-8-2-1-3-9-25/h4-7,14H,1-3,8-13H2,(H,23,26). The quantitative estimate of drug-likeness (QED) is 0.765. The number of anilines is 3. The number of carbonyl (C=O) groups excluding carboxylic acids is 1. The highest BCUT2D eigenvalue weighted by Crippen LogP contribution is 2.33. The summed E-state index contributed by atoms with van der Waals surface area (Å²) in [5, 5.41) is 11.6. The zero-order chi connectivity index (χ0) is 21.8. The maximum atomic E-state index is 12.4. The average molecular weight is 445 g/mol. The fourth-order valence-corrected chi connectivity index (χ4v) is 5.05. The van der Waals surface area contributed by atoms with Crippen molar-refractivity contribution in [3.8, 4) is 12.0 Å². The zero-order valence-electron chi connectivity index (χ0n) is 17.0. The van der Waals surface area contributed by atoms with E-state index in [1.165, 1.54) is 18.6 Å². The second-order valence-electron chi connectivity index (χ2n) is 7.63. The zero-order valence-corrected chi connectivity index (χ0v) is 17.9. The molecule has 9 nitrogen and oxygen atoms in total. The van der Waals surface area contributed by atoms with Gasteiger partial charge in [-0.25, -0.2) is 13.2 Å². The Bertz CT molecular complexity index is 1090. The van der Waals surface area contributed by atoms with Gasteiger partial charge in [-0.3, -0.25) is 5.32 Å². The summed E-state index contributed by atoms with van der Waals surface area (Å²) in [6, 6.07) is 10.4. The molecule has 2 aliphatic rings. The molecule has 164 valence electrons. The molecule has 0 atom stereocenters. The third-order valence-corrected chi connectivity index (χ3v) is 7.12. The van der Waals surface area contributed by atoms with Crippen molar-refractivity contribution in [2.24, 2.45) is 0 Å². The number of sulfone groups is 1. The van der Waals surface area contributed by atoms with Crippen LogP contribution in [0.1, 0.15) is 25.0 Å². The number of nitrogens with one attached hydrogen (secondary N) is 1. The van der Waals surface area contributed by atoms with Crippen molar-refractivity contribution >= 4 is 33.0 Å². The lowest BCUT2D eigenvalue weighted by atomic mass is 10.1. The molecule has 2 aromatic rings. The number of hydrogen-bond donors (Lipinski definition) is 1. The lowest BCUT2D eigenvalue weighted by molar-refractivity contribution is 0.202.